The van der Waals surface area contributed by atoms with Crippen LogP contribution in [0.1, 0.15) is 10.4 Å². The maximum atomic E-state index is 12.7. The van der Waals surface area contributed by atoms with Crippen molar-refractivity contribution in [2.75, 3.05) is 16.6 Å². The number of para-hydroxylation sites is 1. The Hall–Kier alpha value is -3.96. The predicted molar refractivity (Wildman–Crippen MR) is 121 cm³/mol. The van der Waals surface area contributed by atoms with E-state index in [-0.39, 0.29) is 16.1 Å². The molecule has 170 valence electrons. The van der Waals surface area contributed by atoms with Gasteiger partial charge in [0.15, 0.2) is 6.61 Å². The molecule has 1 amide bonds. The molecular weight excluding hydrogens is 474 g/mol. The molecule has 0 radical (unpaired) electrons. The Kier molecular flexibility index (Phi) is 7.26. The summed E-state index contributed by atoms with van der Waals surface area (Å²) in [5, 5.41) is 13.9. The van der Waals surface area contributed by atoms with Crippen molar-refractivity contribution in [1.82, 2.24) is 0 Å². The fourth-order valence-electron chi connectivity index (χ4n) is 2.69. The van der Waals surface area contributed by atoms with Gasteiger partial charge in [0.25, 0.3) is 21.6 Å². The van der Waals surface area contributed by atoms with Crippen molar-refractivity contribution in [2.45, 2.75) is 4.90 Å². The lowest BCUT2D eigenvalue weighted by Crippen LogP contribution is -2.22. The molecule has 0 heterocycles. The molecular formula is C21H16ClN3O7S. The number of nitrogens with zero attached hydrogens (tertiary/aromatic N) is 1. The fourth-order valence-corrected chi connectivity index (χ4v) is 4.00. The highest BCUT2D eigenvalue weighted by Gasteiger charge is 2.21. The van der Waals surface area contributed by atoms with E-state index in [4.69, 9.17) is 16.3 Å². The summed E-state index contributed by atoms with van der Waals surface area (Å²) >= 11 is 5.85. The summed E-state index contributed by atoms with van der Waals surface area (Å²) in [5.41, 5.74) is -0.267. The van der Waals surface area contributed by atoms with Crippen LogP contribution in [-0.4, -0.2) is 31.8 Å². The quantitative estimate of drug-likeness (QED) is 0.277. The highest BCUT2D eigenvalue weighted by molar-refractivity contribution is 7.92. The molecule has 0 unspecified atom stereocenters. The van der Waals surface area contributed by atoms with Crippen molar-refractivity contribution < 1.29 is 27.7 Å². The number of nitro benzene ring substituents is 1. The third-order valence-electron chi connectivity index (χ3n) is 4.17. The maximum Gasteiger partial charge on any atom is 0.340 e. The van der Waals surface area contributed by atoms with Gasteiger partial charge in [-0.15, -0.1) is 0 Å². The lowest BCUT2D eigenvalue weighted by Gasteiger charge is -2.12. The van der Waals surface area contributed by atoms with E-state index in [1.165, 1.54) is 42.5 Å². The summed E-state index contributed by atoms with van der Waals surface area (Å²) in [6.45, 7) is -0.628. The van der Waals surface area contributed by atoms with Crippen molar-refractivity contribution in [3.8, 4) is 0 Å². The van der Waals surface area contributed by atoms with Crippen LogP contribution in [0.5, 0.6) is 0 Å². The van der Waals surface area contributed by atoms with E-state index >= 15 is 0 Å². The molecule has 3 rings (SSSR count). The van der Waals surface area contributed by atoms with Crippen LogP contribution in [0.15, 0.2) is 77.7 Å². The lowest BCUT2D eigenvalue weighted by atomic mass is 10.2. The summed E-state index contributed by atoms with van der Waals surface area (Å²) in [6, 6.07) is 16.4. The second-order valence-electron chi connectivity index (χ2n) is 6.54. The molecule has 0 aliphatic heterocycles. The molecule has 0 saturated carbocycles. The first-order valence-corrected chi connectivity index (χ1v) is 11.1. The lowest BCUT2D eigenvalue weighted by molar-refractivity contribution is -0.385. The molecule has 33 heavy (non-hydrogen) atoms. The summed E-state index contributed by atoms with van der Waals surface area (Å²) in [7, 11) is -4.26. The minimum Gasteiger partial charge on any atom is -0.452 e. The van der Waals surface area contributed by atoms with Gasteiger partial charge >= 0.3 is 5.97 Å². The first-order valence-electron chi connectivity index (χ1n) is 9.24. The van der Waals surface area contributed by atoms with Gasteiger partial charge in [0, 0.05) is 22.8 Å². The Morgan fingerprint density at radius 1 is 1.00 bits per heavy atom. The number of nitro groups is 1. The summed E-state index contributed by atoms with van der Waals surface area (Å²) in [5.74, 6) is -1.58. The van der Waals surface area contributed by atoms with Crippen LogP contribution < -0.4 is 10.0 Å². The van der Waals surface area contributed by atoms with Gasteiger partial charge in [-0.2, -0.15) is 0 Å². The summed E-state index contributed by atoms with van der Waals surface area (Å²) < 4.78 is 32.6. The molecule has 12 heteroatoms. The van der Waals surface area contributed by atoms with Gasteiger partial charge in [0.2, 0.25) is 0 Å². The molecule has 0 spiro atoms. The van der Waals surface area contributed by atoms with Crippen LogP contribution in [-0.2, 0) is 19.6 Å². The van der Waals surface area contributed by atoms with E-state index in [1.54, 1.807) is 18.2 Å². The number of hydrogen-bond acceptors (Lipinski definition) is 7. The first kappa shape index (κ1) is 23.7. The van der Waals surface area contributed by atoms with Crippen molar-refractivity contribution >= 4 is 50.6 Å². The molecule has 0 aromatic heterocycles. The van der Waals surface area contributed by atoms with Crippen LogP contribution in [0.3, 0.4) is 0 Å². The highest BCUT2D eigenvalue weighted by atomic mass is 35.5. The average Bonchev–Trinajstić information content (AvgIpc) is 2.77. The molecule has 0 saturated heterocycles. The molecule has 0 bridgehead atoms. The van der Waals surface area contributed by atoms with Gasteiger partial charge < -0.3 is 10.1 Å². The Labute approximate surface area is 193 Å². The molecule has 3 aromatic rings. The van der Waals surface area contributed by atoms with Crippen LogP contribution >= 0.6 is 11.6 Å². The Bertz CT molecular complexity index is 1330. The number of esters is 1. The number of non-ortho nitro benzene ring substituents is 1. The van der Waals surface area contributed by atoms with Crippen LogP contribution in [0.2, 0.25) is 5.02 Å². The van der Waals surface area contributed by atoms with Crippen molar-refractivity contribution in [3.63, 3.8) is 0 Å². The van der Waals surface area contributed by atoms with Gasteiger partial charge in [-0.25, -0.2) is 13.2 Å². The first-order chi connectivity index (χ1) is 15.7. The second-order valence-corrected chi connectivity index (χ2v) is 8.66. The molecule has 3 aromatic carbocycles. The molecule has 2 N–H and O–H groups in total. The number of sulfonamides is 1. The Morgan fingerprint density at radius 2 is 1.73 bits per heavy atom. The minimum absolute atomic E-state index is 0.121. The smallest absolute Gasteiger partial charge is 0.340 e. The number of carbonyl (C=O) groups is 2. The van der Waals surface area contributed by atoms with Crippen molar-refractivity contribution in [1.29, 1.82) is 0 Å². The highest BCUT2D eigenvalue weighted by Crippen LogP contribution is 2.23. The maximum absolute atomic E-state index is 12.7. The largest absolute Gasteiger partial charge is 0.452 e. The standard InChI is InChI=1S/C21H16ClN3O7S/c22-14-5-3-6-15(11-14)23-20(26)13-32-21(27)18-9-1-2-10-19(18)24-33(30,31)17-8-4-7-16(12-17)25(28)29/h1-12,24H,13H2,(H,23,26). The third-order valence-corrected chi connectivity index (χ3v) is 5.77. The Balaban J connectivity index is 1.72. The minimum atomic E-state index is -4.26. The van der Waals surface area contributed by atoms with Crippen molar-refractivity contribution in [3.05, 3.63) is 93.5 Å². The number of carbonyl (C=O) groups excluding carboxylic acids is 2. The molecule has 0 aliphatic carbocycles. The van der Waals surface area contributed by atoms with E-state index in [1.807, 2.05) is 0 Å². The normalized spacial score (nSPS) is 10.8. The van der Waals surface area contributed by atoms with E-state index in [9.17, 15) is 28.1 Å². The second kappa shape index (κ2) is 10.1. The van der Waals surface area contributed by atoms with Gasteiger partial charge in [-0.1, -0.05) is 35.9 Å². The number of ether oxygens (including phenoxy) is 1. The van der Waals surface area contributed by atoms with Crippen LogP contribution in [0, 0.1) is 10.1 Å². The fraction of sp³-hybridized carbons (Fsp3) is 0.0476. The van der Waals surface area contributed by atoms with Crippen LogP contribution in [0.4, 0.5) is 17.1 Å². The van der Waals surface area contributed by atoms with E-state index in [0.717, 1.165) is 12.1 Å². The van der Waals surface area contributed by atoms with E-state index in [2.05, 4.69) is 10.0 Å². The van der Waals surface area contributed by atoms with Gasteiger partial charge in [-0.05, 0) is 36.4 Å². The average molecular weight is 490 g/mol. The summed E-state index contributed by atoms with van der Waals surface area (Å²) in [6.07, 6.45) is 0. The van der Waals surface area contributed by atoms with Crippen LogP contribution in [0.25, 0.3) is 0 Å². The third kappa shape index (κ3) is 6.28. The molecule has 0 fully saturated rings. The summed E-state index contributed by atoms with van der Waals surface area (Å²) in [4.78, 5) is 34.4. The number of hydrogen-bond donors (Lipinski definition) is 2. The number of nitrogens with one attached hydrogen (secondary N) is 2. The number of halogens is 1. The topological polar surface area (TPSA) is 145 Å². The zero-order valence-corrected chi connectivity index (χ0v) is 18.3. The van der Waals surface area contributed by atoms with Gasteiger partial charge in [0.1, 0.15) is 0 Å². The zero-order chi connectivity index (χ0) is 24.0. The zero-order valence-electron chi connectivity index (χ0n) is 16.7. The SMILES string of the molecule is O=C(COC(=O)c1ccccc1NS(=O)(=O)c1cccc([N+](=O)[O-])c1)Nc1cccc(Cl)c1. The number of benzene rings is 3. The monoisotopic (exact) mass is 489 g/mol. The van der Waals surface area contributed by atoms with E-state index < -0.39 is 39.1 Å². The molecule has 0 atom stereocenters. The number of anilines is 2. The predicted octanol–water partition coefficient (Wildman–Crippen LogP) is 3.84. The molecule has 10 nitrogen and oxygen atoms in total. The Morgan fingerprint density at radius 3 is 2.45 bits per heavy atom. The van der Waals surface area contributed by atoms with E-state index in [0.29, 0.717) is 10.7 Å². The number of amides is 1. The van der Waals surface area contributed by atoms with Gasteiger partial charge in [0.05, 0.1) is 21.1 Å². The van der Waals surface area contributed by atoms with Gasteiger partial charge in [-0.3, -0.25) is 19.6 Å². The number of rotatable bonds is 8. The van der Waals surface area contributed by atoms with Crippen molar-refractivity contribution in [2.24, 2.45) is 0 Å². The molecule has 0 aliphatic rings.